The monoisotopic (exact) mass is 333 g/mol. The van der Waals surface area contributed by atoms with E-state index in [2.05, 4.69) is 15.3 Å². The molecule has 0 saturated heterocycles. The van der Waals surface area contributed by atoms with Crippen molar-refractivity contribution in [2.75, 3.05) is 12.4 Å². The largest absolute Gasteiger partial charge is 0.496 e. The van der Waals surface area contributed by atoms with Gasteiger partial charge in [0.15, 0.2) is 0 Å². The Kier molecular flexibility index (Phi) is 4.24. The molecule has 24 heavy (non-hydrogen) atoms. The minimum atomic E-state index is -4.61. The Morgan fingerprint density at radius 2 is 1.71 bits per heavy atom. The third-order valence-corrected chi connectivity index (χ3v) is 3.50. The molecule has 0 aliphatic rings. The lowest BCUT2D eigenvalue weighted by Crippen LogP contribution is -2.13. The van der Waals surface area contributed by atoms with Crippen molar-refractivity contribution in [3.05, 3.63) is 59.9 Å². The lowest BCUT2D eigenvalue weighted by atomic mass is 10.2. The van der Waals surface area contributed by atoms with Crippen molar-refractivity contribution in [3.8, 4) is 5.75 Å². The lowest BCUT2D eigenvalue weighted by molar-refractivity contribution is -0.144. The lowest BCUT2D eigenvalue weighted by Gasteiger charge is -2.13. The maximum atomic E-state index is 13.0. The van der Waals surface area contributed by atoms with Crippen LogP contribution in [0.5, 0.6) is 5.75 Å². The second-order valence-corrected chi connectivity index (χ2v) is 5.08. The normalized spacial score (nSPS) is 11.5. The summed E-state index contributed by atoms with van der Waals surface area (Å²) in [6.07, 6.45) is -4.61. The summed E-state index contributed by atoms with van der Waals surface area (Å²) in [5, 5.41) is 3.49. The number of fused-ring (bicyclic) bond motifs is 1. The number of para-hydroxylation sites is 2. The quantitative estimate of drug-likeness (QED) is 0.774. The Morgan fingerprint density at radius 1 is 1.00 bits per heavy atom. The summed E-state index contributed by atoms with van der Waals surface area (Å²) in [7, 11) is 1.54. The number of halogens is 3. The molecule has 3 rings (SSSR count). The van der Waals surface area contributed by atoms with E-state index < -0.39 is 12.0 Å². The number of rotatable bonds is 4. The van der Waals surface area contributed by atoms with Crippen LogP contribution in [0.25, 0.3) is 10.9 Å². The van der Waals surface area contributed by atoms with E-state index in [1.54, 1.807) is 31.4 Å². The van der Waals surface area contributed by atoms with E-state index in [1.807, 2.05) is 18.2 Å². The van der Waals surface area contributed by atoms with Gasteiger partial charge in [-0.25, -0.2) is 9.97 Å². The number of nitrogens with zero attached hydrogens (tertiary/aromatic N) is 2. The maximum absolute atomic E-state index is 13.0. The first-order chi connectivity index (χ1) is 11.5. The van der Waals surface area contributed by atoms with Crippen molar-refractivity contribution in [1.29, 1.82) is 0 Å². The fourth-order valence-corrected chi connectivity index (χ4v) is 2.37. The third kappa shape index (κ3) is 3.24. The molecular formula is C17H14F3N3O. The number of benzene rings is 2. The number of ether oxygens (including phenoxy) is 1. The molecule has 3 aromatic rings. The molecule has 0 fully saturated rings. The van der Waals surface area contributed by atoms with E-state index in [0.717, 1.165) is 5.56 Å². The first-order valence-corrected chi connectivity index (χ1v) is 7.19. The fraction of sp³-hybridized carbons (Fsp3) is 0.176. The summed E-state index contributed by atoms with van der Waals surface area (Å²) in [5.41, 5.74) is 1.05. The summed E-state index contributed by atoms with van der Waals surface area (Å²) in [5.74, 6) is -0.373. The van der Waals surface area contributed by atoms with Gasteiger partial charge in [0.2, 0.25) is 5.82 Å². The van der Waals surface area contributed by atoms with Gasteiger partial charge < -0.3 is 10.1 Å². The van der Waals surface area contributed by atoms with Crippen molar-refractivity contribution in [1.82, 2.24) is 9.97 Å². The van der Waals surface area contributed by atoms with Gasteiger partial charge in [0.1, 0.15) is 11.6 Å². The van der Waals surface area contributed by atoms with Gasteiger partial charge in [0.25, 0.3) is 0 Å². The average molecular weight is 333 g/mol. The van der Waals surface area contributed by atoms with Crippen LogP contribution in [0.1, 0.15) is 11.4 Å². The van der Waals surface area contributed by atoms with Gasteiger partial charge in [-0.2, -0.15) is 13.2 Å². The number of methoxy groups -OCH3 is 1. The van der Waals surface area contributed by atoms with Crippen LogP contribution in [0.4, 0.5) is 19.0 Å². The van der Waals surface area contributed by atoms with Gasteiger partial charge in [-0.15, -0.1) is 0 Å². The van der Waals surface area contributed by atoms with Gasteiger partial charge >= 0.3 is 6.18 Å². The van der Waals surface area contributed by atoms with Crippen molar-refractivity contribution in [3.63, 3.8) is 0 Å². The highest BCUT2D eigenvalue weighted by atomic mass is 19.4. The maximum Gasteiger partial charge on any atom is 0.451 e. The molecule has 2 aromatic carbocycles. The molecular weight excluding hydrogens is 319 g/mol. The van der Waals surface area contributed by atoms with Gasteiger partial charge in [-0.05, 0) is 18.2 Å². The Morgan fingerprint density at radius 3 is 2.46 bits per heavy atom. The molecule has 7 heteroatoms. The molecule has 0 bridgehead atoms. The zero-order valence-electron chi connectivity index (χ0n) is 12.8. The average Bonchev–Trinajstić information content (AvgIpc) is 2.58. The van der Waals surface area contributed by atoms with E-state index in [1.165, 1.54) is 6.07 Å². The van der Waals surface area contributed by atoms with Crippen LogP contribution in [0.15, 0.2) is 48.5 Å². The van der Waals surface area contributed by atoms with Crippen LogP contribution in [-0.4, -0.2) is 17.1 Å². The molecule has 0 unspecified atom stereocenters. The minimum absolute atomic E-state index is 0.138. The van der Waals surface area contributed by atoms with Crippen LogP contribution in [0.3, 0.4) is 0 Å². The van der Waals surface area contributed by atoms with E-state index in [0.29, 0.717) is 11.1 Å². The number of hydrogen-bond acceptors (Lipinski definition) is 4. The first kappa shape index (κ1) is 16.0. The second kappa shape index (κ2) is 6.35. The summed E-state index contributed by atoms with van der Waals surface area (Å²) < 4.78 is 44.3. The van der Waals surface area contributed by atoms with E-state index in [9.17, 15) is 13.2 Å². The Labute approximate surface area is 136 Å². The summed E-state index contributed by atoms with van der Waals surface area (Å²) in [4.78, 5) is 7.25. The Hall–Kier alpha value is -2.83. The highest BCUT2D eigenvalue weighted by molar-refractivity contribution is 5.89. The summed E-state index contributed by atoms with van der Waals surface area (Å²) >= 11 is 0. The molecule has 0 aliphatic carbocycles. The van der Waals surface area contributed by atoms with Gasteiger partial charge in [-0.1, -0.05) is 30.3 Å². The van der Waals surface area contributed by atoms with Gasteiger partial charge in [0.05, 0.1) is 12.6 Å². The molecule has 0 spiro atoms. The molecule has 0 saturated carbocycles. The number of nitrogens with one attached hydrogen (secondary N) is 1. The van der Waals surface area contributed by atoms with E-state index >= 15 is 0 Å². The smallest absolute Gasteiger partial charge is 0.451 e. The third-order valence-electron chi connectivity index (χ3n) is 3.50. The SMILES string of the molecule is COc1ccccc1CNc1nc(C(F)(F)F)nc2ccccc12. The molecule has 1 aromatic heterocycles. The Balaban J connectivity index is 1.99. The predicted octanol–water partition coefficient (Wildman–Crippen LogP) is 4.27. The fourth-order valence-electron chi connectivity index (χ4n) is 2.37. The zero-order chi connectivity index (χ0) is 17.2. The van der Waals surface area contributed by atoms with Gasteiger partial charge in [-0.3, -0.25) is 0 Å². The first-order valence-electron chi connectivity index (χ1n) is 7.19. The number of aromatic nitrogens is 2. The molecule has 0 radical (unpaired) electrons. The Bertz CT molecular complexity index is 865. The van der Waals surface area contributed by atoms with Crippen LogP contribution in [-0.2, 0) is 12.7 Å². The van der Waals surface area contributed by atoms with Crippen molar-refractivity contribution >= 4 is 16.7 Å². The predicted molar refractivity (Wildman–Crippen MR) is 84.9 cm³/mol. The van der Waals surface area contributed by atoms with Gasteiger partial charge in [0, 0.05) is 17.5 Å². The molecule has 124 valence electrons. The molecule has 1 heterocycles. The number of hydrogen-bond donors (Lipinski definition) is 1. The topological polar surface area (TPSA) is 47.0 Å². The highest BCUT2D eigenvalue weighted by Crippen LogP contribution is 2.30. The van der Waals surface area contributed by atoms with E-state index in [-0.39, 0.29) is 17.9 Å². The summed E-state index contributed by atoms with van der Waals surface area (Å²) in [6, 6.07) is 13.9. The van der Waals surface area contributed by atoms with Crippen molar-refractivity contribution < 1.29 is 17.9 Å². The van der Waals surface area contributed by atoms with Crippen molar-refractivity contribution in [2.45, 2.75) is 12.7 Å². The zero-order valence-corrected chi connectivity index (χ0v) is 12.8. The number of anilines is 1. The minimum Gasteiger partial charge on any atom is -0.496 e. The van der Waals surface area contributed by atoms with Crippen LogP contribution >= 0.6 is 0 Å². The molecule has 0 atom stereocenters. The molecule has 4 nitrogen and oxygen atoms in total. The molecule has 0 amide bonds. The molecule has 0 aliphatic heterocycles. The highest BCUT2D eigenvalue weighted by Gasteiger charge is 2.35. The van der Waals surface area contributed by atoms with Crippen LogP contribution < -0.4 is 10.1 Å². The standard InChI is InChI=1S/C17H14F3N3O/c1-24-14-9-5-2-6-11(14)10-21-15-12-7-3-4-8-13(12)22-16(23-15)17(18,19)20/h2-9H,10H2,1H3,(H,21,22,23). The second-order valence-electron chi connectivity index (χ2n) is 5.08. The van der Waals surface area contributed by atoms with E-state index in [4.69, 9.17) is 4.74 Å². The number of alkyl halides is 3. The van der Waals surface area contributed by atoms with Crippen LogP contribution in [0, 0.1) is 0 Å². The molecule has 1 N–H and O–H groups in total. The summed E-state index contributed by atoms with van der Waals surface area (Å²) in [6.45, 7) is 0.280. The van der Waals surface area contributed by atoms with Crippen molar-refractivity contribution in [2.24, 2.45) is 0 Å². The van der Waals surface area contributed by atoms with Crippen LogP contribution in [0.2, 0.25) is 0 Å².